The van der Waals surface area contributed by atoms with Crippen molar-refractivity contribution in [1.29, 1.82) is 0 Å². The van der Waals surface area contributed by atoms with E-state index in [2.05, 4.69) is 15.2 Å². The van der Waals surface area contributed by atoms with Crippen LogP contribution in [0.1, 0.15) is 5.56 Å². The molecule has 2 aromatic heterocycles. The SMILES string of the molecule is CSc1ccc(-c2noc(-c3nn(-c4ccccc4C)c(=O)c4ccccc34)n2)cc1. The van der Waals surface area contributed by atoms with E-state index in [1.165, 1.54) is 4.68 Å². The van der Waals surface area contributed by atoms with Crippen molar-refractivity contribution in [3.05, 3.63) is 88.7 Å². The van der Waals surface area contributed by atoms with E-state index in [-0.39, 0.29) is 11.4 Å². The molecule has 0 aliphatic rings. The number of nitrogens with zero attached hydrogens (tertiary/aromatic N) is 4. The molecule has 0 N–H and O–H groups in total. The molecule has 152 valence electrons. The Bertz CT molecular complexity index is 1450. The van der Waals surface area contributed by atoms with Crippen molar-refractivity contribution in [2.45, 2.75) is 11.8 Å². The monoisotopic (exact) mass is 426 g/mol. The Labute approximate surface area is 182 Å². The second kappa shape index (κ2) is 7.85. The lowest BCUT2D eigenvalue weighted by Crippen LogP contribution is -2.23. The molecule has 0 aliphatic carbocycles. The topological polar surface area (TPSA) is 73.8 Å². The molecule has 0 saturated carbocycles. The van der Waals surface area contributed by atoms with Gasteiger partial charge in [-0.1, -0.05) is 41.6 Å². The molecule has 7 heteroatoms. The van der Waals surface area contributed by atoms with Crippen molar-refractivity contribution in [2.24, 2.45) is 0 Å². The first kappa shape index (κ1) is 19.3. The van der Waals surface area contributed by atoms with E-state index >= 15 is 0 Å². The summed E-state index contributed by atoms with van der Waals surface area (Å²) in [4.78, 5) is 18.9. The summed E-state index contributed by atoms with van der Waals surface area (Å²) >= 11 is 1.67. The fraction of sp³-hybridized carbons (Fsp3) is 0.0833. The molecule has 6 nitrogen and oxygen atoms in total. The molecule has 0 radical (unpaired) electrons. The highest BCUT2D eigenvalue weighted by Crippen LogP contribution is 2.27. The standard InChI is InChI=1S/C24H18N4O2S/c1-15-7-3-6-10-20(15)28-24(29)19-9-5-4-8-18(19)21(26-28)23-25-22(27-30-23)16-11-13-17(31-2)14-12-16/h3-14H,1-2H3. The predicted octanol–water partition coefficient (Wildman–Crippen LogP) is 5.13. The number of aromatic nitrogens is 4. The van der Waals surface area contributed by atoms with Crippen LogP contribution in [0, 0.1) is 6.92 Å². The quantitative estimate of drug-likeness (QED) is 0.371. The van der Waals surface area contributed by atoms with Gasteiger partial charge in [-0.3, -0.25) is 4.79 Å². The zero-order valence-electron chi connectivity index (χ0n) is 16.9. The minimum Gasteiger partial charge on any atom is -0.332 e. The molecule has 5 aromatic rings. The number of thioether (sulfide) groups is 1. The van der Waals surface area contributed by atoms with Crippen LogP contribution in [-0.4, -0.2) is 26.2 Å². The molecule has 0 amide bonds. The summed E-state index contributed by atoms with van der Waals surface area (Å²) < 4.78 is 6.99. The Morgan fingerprint density at radius 1 is 0.903 bits per heavy atom. The average Bonchev–Trinajstić information content (AvgIpc) is 3.30. The van der Waals surface area contributed by atoms with Gasteiger partial charge in [0.15, 0.2) is 5.69 Å². The van der Waals surface area contributed by atoms with E-state index in [0.717, 1.165) is 16.0 Å². The molecule has 0 aliphatic heterocycles. The lowest BCUT2D eigenvalue weighted by molar-refractivity contribution is 0.430. The van der Waals surface area contributed by atoms with Crippen molar-refractivity contribution >= 4 is 22.5 Å². The van der Waals surface area contributed by atoms with Crippen molar-refractivity contribution in [1.82, 2.24) is 19.9 Å². The van der Waals surface area contributed by atoms with Crippen LogP contribution in [0.4, 0.5) is 0 Å². The second-order valence-electron chi connectivity index (χ2n) is 7.05. The Hall–Kier alpha value is -3.71. The fourth-order valence-electron chi connectivity index (χ4n) is 3.49. The van der Waals surface area contributed by atoms with E-state index < -0.39 is 0 Å². The van der Waals surface area contributed by atoms with Gasteiger partial charge in [0.05, 0.1) is 11.1 Å². The van der Waals surface area contributed by atoms with Gasteiger partial charge in [-0.05, 0) is 55.1 Å². The van der Waals surface area contributed by atoms with Crippen molar-refractivity contribution in [3.8, 4) is 28.7 Å². The van der Waals surface area contributed by atoms with Gasteiger partial charge in [0.1, 0.15) is 0 Å². The van der Waals surface area contributed by atoms with E-state index in [9.17, 15) is 4.79 Å². The molecule has 0 spiro atoms. The average molecular weight is 427 g/mol. The number of hydrogen-bond donors (Lipinski definition) is 0. The summed E-state index contributed by atoms with van der Waals surface area (Å²) in [5, 5.41) is 10.0. The number of fused-ring (bicyclic) bond motifs is 1. The van der Waals surface area contributed by atoms with Crippen LogP contribution in [0.5, 0.6) is 0 Å². The summed E-state index contributed by atoms with van der Waals surface area (Å²) in [5.41, 5.74) is 2.79. The first-order chi connectivity index (χ1) is 15.2. The van der Waals surface area contributed by atoms with Gasteiger partial charge in [0.2, 0.25) is 5.82 Å². The first-order valence-electron chi connectivity index (χ1n) is 9.72. The lowest BCUT2D eigenvalue weighted by atomic mass is 10.1. The summed E-state index contributed by atoms with van der Waals surface area (Å²) in [6, 6.07) is 22.9. The molecular formula is C24H18N4O2S. The molecule has 3 aromatic carbocycles. The molecule has 5 rings (SSSR count). The smallest absolute Gasteiger partial charge is 0.279 e. The number of rotatable bonds is 4. The Morgan fingerprint density at radius 2 is 1.61 bits per heavy atom. The number of para-hydroxylation sites is 1. The number of aryl methyl sites for hydroxylation is 1. The maximum absolute atomic E-state index is 13.2. The number of benzene rings is 3. The van der Waals surface area contributed by atoms with Gasteiger partial charge >= 0.3 is 0 Å². The van der Waals surface area contributed by atoms with Crippen LogP contribution < -0.4 is 5.56 Å². The fourth-order valence-corrected chi connectivity index (χ4v) is 3.90. The maximum Gasteiger partial charge on any atom is 0.279 e. The van der Waals surface area contributed by atoms with Crippen molar-refractivity contribution < 1.29 is 4.52 Å². The second-order valence-corrected chi connectivity index (χ2v) is 7.93. The van der Waals surface area contributed by atoms with Gasteiger partial charge in [-0.15, -0.1) is 11.8 Å². The third-order valence-electron chi connectivity index (χ3n) is 5.13. The van der Waals surface area contributed by atoms with E-state index in [0.29, 0.717) is 28.0 Å². The summed E-state index contributed by atoms with van der Waals surface area (Å²) in [7, 11) is 0. The van der Waals surface area contributed by atoms with Crippen LogP contribution in [0.3, 0.4) is 0 Å². The third-order valence-corrected chi connectivity index (χ3v) is 5.87. The van der Waals surface area contributed by atoms with E-state index in [1.54, 1.807) is 17.8 Å². The molecule has 0 saturated heterocycles. The summed E-state index contributed by atoms with van der Waals surface area (Å²) in [6.07, 6.45) is 2.03. The number of hydrogen-bond acceptors (Lipinski definition) is 6. The summed E-state index contributed by atoms with van der Waals surface area (Å²) in [5.74, 6) is 0.740. The molecule has 0 bridgehead atoms. The first-order valence-corrected chi connectivity index (χ1v) is 10.9. The summed E-state index contributed by atoms with van der Waals surface area (Å²) in [6.45, 7) is 1.95. The van der Waals surface area contributed by atoms with Gasteiger partial charge in [-0.25, -0.2) is 0 Å². The zero-order chi connectivity index (χ0) is 21.4. The molecular weight excluding hydrogens is 408 g/mol. The van der Waals surface area contributed by atoms with Gasteiger partial charge in [0.25, 0.3) is 11.4 Å². The Kier molecular flexibility index (Phi) is 4.88. The van der Waals surface area contributed by atoms with Gasteiger partial charge < -0.3 is 4.52 Å². The Balaban J connectivity index is 1.70. The minimum absolute atomic E-state index is 0.193. The van der Waals surface area contributed by atoms with E-state index in [1.807, 2.05) is 79.9 Å². The largest absolute Gasteiger partial charge is 0.332 e. The molecule has 0 atom stereocenters. The zero-order valence-corrected chi connectivity index (χ0v) is 17.8. The Morgan fingerprint density at radius 3 is 2.35 bits per heavy atom. The lowest BCUT2D eigenvalue weighted by Gasteiger charge is -2.11. The molecule has 2 heterocycles. The highest BCUT2D eigenvalue weighted by molar-refractivity contribution is 7.98. The van der Waals surface area contributed by atoms with Crippen LogP contribution >= 0.6 is 11.8 Å². The van der Waals surface area contributed by atoms with Crippen LogP contribution in [0.25, 0.3) is 39.4 Å². The van der Waals surface area contributed by atoms with Crippen LogP contribution in [0.2, 0.25) is 0 Å². The third kappa shape index (κ3) is 3.43. The molecule has 0 unspecified atom stereocenters. The highest BCUT2D eigenvalue weighted by Gasteiger charge is 2.19. The van der Waals surface area contributed by atoms with Crippen molar-refractivity contribution in [2.75, 3.05) is 6.26 Å². The normalized spacial score (nSPS) is 11.2. The molecule has 0 fully saturated rings. The molecule has 31 heavy (non-hydrogen) atoms. The predicted molar refractivity (Wildman–Crippen MR) is 123 cm³/mol. The van der Waals surface area contributed by atoms with Crippen LogP contribution in [0.15, 0.2) is 87.0 Å². The maximum atomic E-state index is 13.2. The van der Waals surface area contributed by atoms with Gasteiger partial charge in [-0.2, -0.15) is 14.8 Å². The van der Waals surface area contributed by atoms with Crippen LogP contribution in [-0.2, 0) is 0 Å². The minimum atomic E-state index is -0.193. The highest BCUT2D eigenvalue weighted by atomic mass is 32.2. The van der Waals surface area contributed by atoms with Gasteiger partial charge in [0, 0.05) is 15.8 Å². The van der Waals surface area contributed by atoms with Crippen molar-refractivity contribution in [3.63, 3.8) is 0 Å². The van der Waals surface area contributed by atoms with E-state index in [4.69, 9.17) is 4.52 Å².